The maximum Gasteiger partial charge on any atom is 0.0195 e. The van der Waals surface area contributed by atoms with Crippen LogP contribution < -0.4 is 0 Å². The molecule has 0 aliphatic heterocycles. The van der Waals surface area contributed by atoms with Crippen molar-refractivity contribution in [2.24, 2.45) is 11.3 Å². The molecular formula is C33H32IrN2-2. The van der Waals surface area contributed by atoms with E-state index in [1.165, 1.54) is 60.8 Å². The van der Waals surface area contributed by atoms with Crippen LogP contribution in [0.2, 0.25) is 0 Å². The smallest absolute Gasteiger partial charge is 0.0195 e. The molecule has 2 aromatic carbocycles. The Labute approximate surface area is 229 Å². The maximum atomic E-state index is 4.78. The molecule has 0 saturated heterocycles. The Morgan fingerprint density at radius 3 is 2.42 bits per heavy atom. The molecule has 2 aromatic heterocycles. The largest absolute Gasteiger partial charge is 0.305 e. The van der Waals surface area contributed by atoms with Gasteiger partial charge in [0.05, 0.1) is 0 Å². The zero-order valence-corrected chi connectivity index (χ0v) is 23.4. The van der Waals surface area contributed by atoms with E-state index in [1.54, 1.807) is 11.8 Å². The summed E-state index contributed by atoms with van der Waals surface area (Å²) in [5, 5.41) is 0. The van der Waals surface area contributed by atoms with Crippen LogP contribution in [-0.4, -0.2) is 9.97 Å². The standard InChI is InChI=1S/C22H24N.C11H8N.Ir/c1-22(2)18-10-17-13-23-21(12-19(17)20(22)11-18)16-8-7-14-5-3-4-6-15(14)9-16;1-2-6-10(7-3-1)11-8-4-5-9-12-11;/h7,9,12-13,18,20H,3-6,10-11H2,1-2H3;1-6,8-9H;/q2*-1;. The molecule has 36 heavy (non-hydrogen) atoms. The molecule has 4 aromatic rings. The Bertz CT molecular complexity index is 1290. The molecule has 2 unspecified atom stereocenters. The molecule has 2 nitrogen and oxygen atoms in total. The number of hydrogen-bond acceptors (Lipinski definition) is 2. The van der Waals surface area contributed by atoms with Crippen molar-refractivity contribution in [2.75, 3.05) is 0 Å². The fourth-order valence-electron chi connectivity index (χ4n) is 6.18. The van der Waals surface area contributed by atoms with Crippen LogP contribution in [-0.2, 0) is 39.4 Å². The number of aromatic nitrogens is 2. The van der Waals surface area contributed by atoms with Gasteiger partial charge < -0.3 is 9.97 Å². The predicted molar refractivity (Wildman–Crippen MR) is 142 cm³/mol. The number of rotatable bonds is 2. The van der Waals surface area contributed by atoms with Gasteiger partial charge in [-0.05, 0) is 65.1 Å². The molecule has 0 N–H and O–H groups in total. The van der Waals surface area contributed by atoms with Crippen molar-refractivity contribution in [3.8, 4) is 22.5 Å². The van der Waals surface area contributed by atoms with Gasteiger partial charge in [0.15, 0.2) is 0 Å². The van der Waals surface area contributed by atoms with Gasteiger partial charge in [-0.1, -0.05) is 51.3 Å². The molecule has 2 bridgehead atoms. The zero-order valence-electron chi connectivity index (χ0n) is 21.1. The summed E-state index contributed by atoms with van der Waals surface area (Å²) in [5.74, 6) is 1.60. The topological polar surface area (TPSA) is 25.8 Å². The molecule has 1 radical (unpaired) electrons. The second kappa shape index (κ2) is 10.4. The van der Waals surface area contributed by atoms with Gasteiger partial charge in [0, 0.05) is 32.5 Å². The van der Waals surface area contributed by atoms with E-state index in [-0.39, 0.29) is 20.1 Å². The number of aryl methyl sites for hydroxylation is 2. The van der Waals surface area contributed by atoms with Crippen LogP contribution in [0.5, 0.6) is 0 Å². The SMILES string of the molecule is CC1(C)C2Cc3cnc(-c4[c-]cc5c(c4)CCCC5)cc3C1C2.[Ir].[c-]1ccccc1-c1ccccn1. The second-order valence-corrected chi connectivity index (χ2v) is 10.9. The first-order valence-electron chi connectivity index (χ1n) is 13.0. The van der Waals surface area contributed by atoms with Crippen LogP contribution >= 0.6 is 0 Å². The van der Waals surface area contributed by atoms with Gasteiger partial charge in [-0.2, -0.15) is 0 Å². The normalized spacial score (nSPS) is 20.4. The van der Waals surface area contributed by atoms with Crippen LogP contribution in [0, 0.1) is 23.5 Å². The summed E-state index contributed by atoms with van der Waals surface area (Å²) in [7, 11) is 0. The first kappa shape index (κ1) is 25.1. The molecule has 2 atom stereocenters. The van der Waals surface area contributed by atoms with Crippen molar-refractivity contribution >= 4 is 0 Å². The summed E-state index contributed by atoms with van der Waals surface area (Å²) in [6.45, 7) is 4.89. The summed E-state index contributed by atoms with van der Waals surface area (Å²) in [5.41, 5.74) is 10.9. The minimum Gasteiger partial charge on any atom is -0.305 e. The predicted octanol–water partition coefficient (Wildman–Crippen LogP) is 7.66. The van der Waals surface area contributed by atoms with Crippen molar-refractivity contribution in [1.82, 2.24) is 9.97 Å². The fraction of sp³-hybridized carbons (Fsp3) is 0.333. The third-order valence-corrected chi connectivity index (χ3v) is 8.54. The van der Waals surface area contributed by atoms with Gasteiger partial charge in [-0.25, -0.2) is 0 Å². The second-order valence-electron chi connectivity index (χ2n) is 10.9. The van der Waals surface area contributed by atoms with Crippen LogP contribution in [0.4, 0.5) is 0 Å². The van der Waals surface area contributed by atoms with Crippen molar-refractivity contribution in [3.05, 3.63) is 107 Å². The van der Waals surface area contributed by atoms with Crippen LogP contribution in [0.25, 0.3) is 22.5 Å². The average Bonchev–Trinajstić information content (AvgIpc) is 2.93. The van der Waals surface area contributed by atoms with E-state index >= 15 is 0 Å². The molecule has 2 heterocycles. The molecule has 3 heteroatoms. The molecule has 0 amide bonds. The van der Waals surface area contributed by atoms with Gasteiger partial charge >= 0.3 is 0 Å². The zero-order chi connectivity index (χ0) is 23.8. The third kappa shape index (κ3) is 4.72. The van der Waals surface area contributed by atoms with E-state index in [9.17, 15) is 0 Å². The Kier molecular flexibility index (Phi) is 7.24. The third-order valence-electron chi connectivity index (χ3n) is 8.54. The van der Waals surface area contributed by atoms with E-state index < -0.39 is 0 Å². The molecule has 4 aliphatic rings. The first-order chi connectivity index (χ1) is 17.1. The molecule has 185 valence electrons. The van der Waals surface area contributed by atoms with E-state index in [0.29, 0.717) is 5.41 Å². The van der Waals surface area contributed by atoms with Crippen molar-refractivity contribution in [3.63, 3.8) is 0 Å². The van der Waals surface area contributed by atoms with E-state index in [0.717, 1.165) is 28.8 Å². The summed E-state index contributed by atoms with van der Waals surface area (Å²) in [6, 6.07) is 27.3. The van der Waals surface area contributed by atoms with Crippen LogP contribution in [0.3, 0.4) is 0 Å². The molecular weight excluding hydrogens is 617 g/mol. The molecule has 1 saturated carbocycles. The Morgan fingerprint density at radius 2 is 1.67 bits per heavy atom. The fourth-order valence-corrected chi connectivity index (χ4v) is 6.18. The number of benzene rings is 2. The van der Waals surface area contributed by atoms with E-state index in [1.807, 2.05) is 42.5 Å². The number of pyridine rings is 2. The van der Waals surface area contributed by atoms with Gasteiger partial charge in [0.1, 0.15) is 0 Å². The summed E-state index contributed by atoms with van der Waals surface area (Å²) >= 11 is 0. The number of hydrogen-bond donors (Lipinski definition) is 0. The van der Waals surface area contributed by atoms with Gasteiger partial charge in [-0.15, -0.1) is 70.8 Å². The molecule has 0 spiro atoms. The van der Waals surface area contributed by atoms with Gasteiger partial charge in [0.25, 0.3) is 0 Å². The van der Waals surface area contributed by atoms with Gasteiger partial charge in [0.2, 0.25) is 0 Å². The molecule has 4 aliphatic carbocycles. The maximum absolute atomic E-state index is 4.78. The summed E-state index contributed by atoms with van der Waals surface area (Å²) in [4.78, 5) is 9.00. The van der Waals surface area contributed by atoms with E-state index in [4.69, 9.17) is 4.98 Å². The minimum absolute atomic E-state index is 0. The monoisotopic (exact) mass is 649 g/mol. The Morgan fingerprint density at radius 1 is 0.833 bits per heavy atom. The van der Waals surface area contributed by atoms with Crippen LogP contribution in [0.1, 0.15) is 61.3 Å². The first-order valence-corrected chi connectivity index (χ1v) is 13.0. The minimum atomic E-state index is 0. The quantitative estimate of drug-likeness (QED) is 0.209. The Hall–Kier alpha value is -2.61. The van der Waals surface area contributed by atoms with Crippen molar-refractivity contribution < 1.29 is 20.1 Å². The van der Waals surface area contributed by atoms with Crippen molar-refractivity contribution in [2.45, 2.75) is 58.3 Å². The summed E-state index contributed by atoms with van der Waals surface area (Å²) in [6.07, 6.45) is 11.6. The van der Waals surface area contributed by atoms with Crippen molar-refractivity contribution in [1.29, 1.82) is 0 Å². The van der Waals surface area contributed by atoms with E-state index in [2.05, 4.69) is 55.4 Å². The van der Waals surface area contributed by atoms with Crippen LogP contribution in [0.15, 0.2) is 73.1 Å². The Balaban J connectivity index is 0.000000175. The van der Waals surface area contributed by atoms with Gasteiger partial charge in [-0.3, -0.25) is 0 Å². The molecule has 8 rings (SSSR count). The average molecular weight is 649 g/mol. The number of fused-ring (bicyclic) bond motifs is 1. The molecule has 1 fully saturated rings. The summed E-state index contributed by atoms with van der Waals surface area (Å²) < 4.78 is 0. The number of nitrogens with zero attached hydrogens (tertiary/aromatic N) is 2.